The van der Waals surface area contributed by atoms with E-state index < -0.39 is 0 Å². The number of fused-ring (bicyclic) bond motifs is 1. The highest BCUT2D eigenvalue weighted by atomic mass is 16.5. The number of phenols is 1. The van der Waals surface area contributed by atoms with Gasteiger partial charge in [0.2, 0.25) is 0 Å². The SMILES string of the molecule is OCC1Cc2c(O)cccc2O1. The first-order valence-corrected chi connectivity index (χ1v) is 3.89. The molecule has 0 amide bonds. The van der Waals surface area contributed by atoms with Gasteiger partial charge in [0.25, 0.3) is 0 Å². The van der Waals surface area contributed by atoms with Crippen LogP contribution in [0.3, 0.4) is 0 Å². The zero-order valence-electron chi connectivity index (χ0n) is 6.53. The third-order valence-electron chi connectivity index (χ3n) is 2.04. The average molecular weight is 166 g/mol. The van der Waals surface area contributed by atoms with Crippen molar-refractivity contribution in [3.8, 4) is 11.5 Å². The van der Waals surface area contributed by atoms with Crippen molar-refractivity contribution < 1.29 is 14.9 Å². The summed E-state index contributed by atoms with van der Waals surface area (Å²) in [6, 6.07) is 5.15. The Morgan fingerprint density at radius 2 is 2.33 bits per heavy atom. The van der Waals surface area contributed by atoms with Crippen molar-refractivity contribution in [1.29, 1.82) is 0 Å². The summed E-state index contributed by atoms with van der Waals surface area (Å²) in [5.74, 6) is 0.942. The number of ether oxygens (including phenoxy) is 1. The van der Waals surface area contributed by atoms with Crippen LogP contribution in [0, 0.1) is 0 Å². The Labute approximate surface area is 70.2 Å². The smallest absolute Gasteiger partial charge is 0.126 e. The highest BCUT2D eigenvalue weighted by Gasteiger charge is 2.24. The normalized spacial score (nSPS) is 20.2. The zero-order chi connectivity index (χ0) is 8.55. The van der Waals surface area contributed by atoms with Gasteiger partial charge < -0.3 is 14.9 Å². The summed E-state index contributed by atoms with van der Waals surface area (Å²) >= 11 is 0. The fourth-order valence-electron chi connectivity index (χ4n) is 1.42. The molecule has 3 heteroatoms. The van der Waals surface area contributed by atoms with Crippen molar-refractivity contribution in [2.24, 2.45) is 0 Å². The molecule has 0 radical (unpaired) electrons. The Kier molecular flexibility index (Phi) is 1.66. The molecule has 1 heterocycles. The van der Waals surface area contributed by atoms with Crippen LogP contribution in [0.15, 0.2) is 18.2 Å². The molecule has 1 unspecified atom stereocenters. The fraction of sp³-hybridized carbons (Fsp3) is 0.333. The summed E-state index contributed by atoms with van der Waals surface area (Å²) in [4.78, 5) is 0. The first-order valence-electron chi connectivity index (χ1n) is 3.89. The van der Waals surface area contributed by atoms with Crippen molar-refractivity contribution >= 4 is 0 Å². The Morgan fingerprint density at radius 1 is 1.50 bits per heavy atom. The van der Waals surface area contributed by atoms with Crippen LogP contribution < -0.4 is 4.74 Å². The molecule has 1 aliphatic rings. The molecular formula is C9H10O3. The molecule has 1 atom stereocenters. The Hall–Kier alpha value is -1.22. The van der Waals surface area contributed by atoms with E-state index in [4.69, 9.17) is 9.84 Å². The van der Waals surface area contributed by atoms with E-state index in [1.165, 1.54) is 0 Å². The van der Waals surface area contributed by atoms with Crippen LogP contribution in [0.25, 0.3) is 0 Å². The van der Waals surface area contributed by atoms with E-state index in [0.29, 0.717) is 12.2 Å². The first kappa shape index (κ1) is 7.43. The molecule has 0 saturated heterocycles. The van der Waals surface area contributed by atoms with Crippen LogP contribution >= 0.6 is 0 Å². The number of aliphatic hydroxyl groups is 1. The van der Waals surface area contributed by atoms with Crippen LogP contribution in [0.2, 0.25) is 0 Å². The Balaban J connectivity index is 2.35. The van der Waals surface area contributed by atoms with Gasteiger partial charge in [0.05, 0.1) is 6.61 Å². The minimum Gasteiger partial charge on any atom is -0.508 e. The molecule has 0 spiro atoms. The van der Waals surface area contributed by atoms with E-state index in [0.717, 1.165) is 5.56 Å². The van der Waals surface area contributed by atoms with Crippen LogP contribution in [-0.2, 0) is 6.42 Å². The third-order valence-corrected chi connectivity index (χ3v) is 2.04. The van der Waals surface area contributed by atoms with E-state index in [2.05, 4.69) is 0 Å². The van der Waals surface area contributed by atoms with E-state index in [9.17, 15) is 5.11 Å². The summed E-state index contributed by atoms with van der Waals surface area (Å²) in [7, 11) is 0. The molecule has 3 nitrogen and oxygen atoms in total. The van der Waals surface area contributed by atoms with Crippen molar-refractivity contribution in [2.75, 3.05) is 6.61 Å². The molecule has 0 aromatic heterocycles. The van der Waals surface area contributed by atoms with Gasteiger partial charge in [-0.25, -0.2) is 0 Å². The van der Waals surface area contributed by atoms with Gasteiger partial charge in [-0.2, -0.15) is 0 Å². The van der Waals surface area contributed by atoms with Gasteiger partial charge in [-0.15, -0.1) is 0 Å². The molecule has 1 aromatic carbocycles. The minimum atomic E-state index is -0.187. The number of aliphatic hydroxyl groups excluding tert-OH is 1. The number of hydrogen-bond acceptors (Lipinski definition) is 3. The lowest BCUT2D eigenvalue weighted by Crippen LogP contribution is -2.17. The first-order chi connectivity index (χ1) is 5.81. The molecule has 0 fully saturated rings. The quantitative estimate of drug-likeness (QED) is 0.645. The van der Waals surface area contributed by atoms with Crippen molar-refractivity contribution in [2.45, 2.75) is 12.5 Å². The fourth-order valence-corrected chi connectivity index (χ4v) is 1.42. The van der Waals surface area contributed by atoms with Crippen molar-refractivity contribution in [3.05, 3.63) is 23.8 Å². The number of hydrogen-bond donors (Lipinski definition) is 2. The maximum atomic E-state index is 9.38. The molecule has 2 rings (SSSR count). The lowest BCUT2D eigenvalue weighted by atomic mass is 10.1. The maximum Gasteiger partial charge on any atom is 0.126 e. The summed E-state index contributed by atoms with van der Waals surface area (Å²) in [6.07, 6.45) is 0.409. The van der Waals surface area contributed by atoms with Crippen molar-refractivity contribution in [1.82, 2.24) is 0 Å². The van der Waals surface area contributed by atoms with Gasteiger partial charge in [0.1, 0.15) is 17.6 Å². The van der Waals surface area contributed by atoms with Gasteiger partial charge >= 0.3 is 0 Å². The van der Waals surface area contributed by atoms with E-state index >= 15 is 0 Å². The predicted octanol–water partition coefficient (Wildman–Crippen LogP) is 0.688. The van der Waals surface area contributed by atoms with Gasteiger partial charge in [0.15, 0.2) is 0 Å². The highest BCUT2D eigenvalue weighted by Crippen LogP contribution is 2.34. The molecule has 64 valence electrons. The van der Waals surface area contributed by atoms with Gasteiger partial charge in [-0.1, -0.05) is 6.07 Å². The van der Waals surface area contributed by atoms with E-state index in [1.54, 1.807) is 18.2 Å². The van der Waals surface area contributed by atoms with Crippen molar-refractivity contribution in [3.63, 3.8) is 0 Å². The topological polar surface area (TPSA) is 49.7 Å². The standard InChI is InChI=1S/C9H10O3/c10-5-6-4-7-8(11)2-1-3-9(7)12-6/h1-3,6,10-11H,4-5H2. The minimum absolute atomic E-state index is 0.00583. The van der Waals surface area contributed by atoms with Crippen LogP contribution in [0.1, 0.15) is 5.56 Å². The lowest BCUT2D eigenvalue weighted by molar-refractivity contribution is 0.134. The Bertz CT molecular complexity index is 296. The number of aromatic hydroxyl groups is 1. The molecule has 1 aromatic rings. The second-order valence-electron chi connectivity index (χ2n) is 2.88. The van der Waals surface area contributed by atoms with Crippen LogP contribution in [-0.4, -0.2) is 22.9 Å². The van der Waals surface area contributed by atoms with Gasteiger partial charge in [-0.05, 0) is 12.1 Å². The van der Waals surface area contributed by atoms with E-state index in [-0.39, 0.29) is 18.5 Å². The highest BCUT2D eigenvalue weighted by molar-refractivity contribution is 5.46. The largest absolute Gasteiger partial charge is 0.508 e. The van der Waals surface area contributed by atoms with Gasteiger partial charge in [-0.3, -0.25) is 0 Å². The molecule has 2 N–H and O–H groups in total. The third kappa shape index (κ3) is 1.02. The lowest BCUT2D eigenvalue weighted by Gasteiger charge is -2.04. The average Bonchev–Trinajstić information content (AvgIpc) is 2.49. The Morgan fingerprint density at radius 3 is 3.00 bits per heavy atom. The molecule has 0 saturated carbocycles. The van der Waals surface area contributed by atoms with Crippen LogP contribution in [0.5, 0.6) is 11.5 Å². The summed E-state index contributed by atoms with van der Waals surface area (Å²) in [5.41, 5.74) is 0.802. The maximum absolute atomic E-state index is 9.38. The van der Waals surface area contributed by atoms with E-state index in [1.807, 2.05) is 0 Å². The van der Waals surface area contributed by atoms with Gasteiger partial charge in [0, 0.05) is 12.0 Å². The number of rotatable bonds is 1. The molecule has 0 aliphatic carbocycles. The summed E-state index contributed by atoms with van der Waals surface area (Å²) in [6.45, 7) is -0.00583. The molecule has 12 heavy (non-hydrogen) atoms. The number of benzene rings is 1. The molecule has 1 aliphatic heterocycles. The summed E-state index contributed by atoms with van der Waals surface area (Å²) in [5, 5.41) is 18.2. The number of phenolic OH excluding ortho intramolecular Hbond substituents is 1. The zero-order valence-corrected chi connectivity index (χ0v) is 6.53. The molecule has 0 bridgehead atoms. The monoisotopic (exact) mass is 166 g/mol. The summed E-state index contributed by atoms with van der Waals surface area (Å²) < 4.78 is 5.33. The second kappa shape index (κ2) is 2.68. The van der Waals surface area contributed by atoms with Crippen LogP contribution in [0.4, 0.5) is 0 Å². The predicted molar refractivity (Wildman–Crippen MR) is 43.3 cm³/mol. The molecular weight excluding hydrogens is 156 g/mol. The second-order valence-corrected chi connectivity index (χ2v) is 2.88.